The van der Waals surface area contributed by atoms with Crippen LogP contribution in [-0.2, 0) is 4.79 Å². The number of halogens is 1. The van der Waals surface area contributed by atoms with Crippen LogP contribution in [-0.4, -0.2) is 35.9 Å². The molecule has 6 nitrogen and oxygen atoms in total. The number of carbonyl (C=O) groups is 2. The quantitative estimate of drug-likeness (QED) is 0.679. The zero-order valence-electron chi connectivity index (χ0n) is 9.08. The van der Waals surface area contributed by atoms with E-state index in [1.807, 2.05) is 0 Å². The predicted molar refractivity (Wildman–Crippen MR) is 56.2 cm³/mol. The molecule has 88 valence electrons. The largest absolute Gasteiger partial charge is 0.338 e. The zero-order chi connectivity index (χ0) is 12.1. The van der Waals surface area contributed by atoms with E-state index in [1.54, 1.807) is 6.92 Å². The minimum Gasteiger partial charge on any atom is -0.338 e. The number of urea groups is 1. The highest BCUT2D eigenvalue weighted by atomic mass is 19.1. The van der Waals surface area contributed by atoms with Gasteiger partial charge in [0, 0.05) is 13.5 Å². The molecule has 0 aliphatic carbocycles. The van der Waals surface area contributed by atoms with E-state index in [9.17, 15) is 14.0 Å². The van der Waals surface area contributed by atoms with Crippen LogP contribution in [0.3, 0.4) is 0 Å². The van der Waals surface area contributed by atoms with Gasteiger partial charge in [0.2, 0.25) is 5.91 Å². The average Bonchev–Trinajstić information content (AvgIpc) is 2.20. The maximum Gasteiger partial charge on any atom is 0.323 e. The number of amides is 3. The van der Waals surface area contributed by atoms with E-state index in [4.69, 9.17) is 0 Å². The first kappa shape index (κ1) is 12.2. The van der Waals surface area contributed by atoms with Gasteiger partial charge < -0.3 is 10.6 Å². The van der Waals surface area contributed by atoms with Crippen molar-refractivity contribution in [3.63, 3.8) is 0 Å². The van der Waals surface area contributed by atoms with Crippen molar-refractivity contribution in [2.24, 2.45) is 4.99 Å². The first-order valence-corrected chi connectivity index (χ1v) is 4.78. The number of aliphatic imine (C=N–C) groups is 1. The van der Waals surface area contributed by atoms with Crippen LogP contribution >= 0.6 is 0 Å². The molecule has 0 saturated heterocycles. The zero-order valence-corrected chi connectivity index (χ0v) is 9.08. The van der Waals surface area contributed by atoms with Gasteiger partial charge in [0.05, 0.1) is 6.20 Å². The van der Waals surface area contributed by atoms with Gasteiger partial charge in [-0.2, -0.15) is 0 Å². The third-order valence-electron chi connectivity index (χ3n) is 1.76. The molecule has 0 bridgehead atoms. The van der Waals surface area contributed by atoms with Crippen LogP contribution in [0.15, 0.2) is 17.0 Å². The maximum absolute atomic E-state index is 13.4. The lowest BCUT2D eigenvalue weighted by Gasteiger charge is -2.21. The summed E-state index contributed by atoms with van der Waals surface area (Å²) in [5.41, 5.74) is 0. The summed E-state index contributed by atoms with van der Waals surface area (Å²) in [7, 11) is 0. The number of carbonyl (C=O) groups excluding carboxylic acids is 2. The molecule has 1 aliphatic heterocycles. The van der Waals surface area contributed by atoms with Crippen molar-refractivity contribution >= 4 is 17.8 Å². The fraction of sp³-hybridized carbons (Fsp3) is 0.444. The molecular weight excluding hydrogens is 215 g/mol. The second kappa shape index (κ2) is 5.24. The Balaban J connectivity index is 2.66. The second-order valence-electron chi connectivity index (χ2n) is 3.11. The number of hydrogen-bond donors (Lipinski definition) is 2. The van der Waals surface area contributed by atoms with Crippen molar-refractivity contribution < 1.29 is 14.0 Å². The van der Waals surface area contributed by atoms with Gasteiger partial charge in [0.25, 0.3) is 0 Å². The Morgan fingerprint density at radius 3 is 2.81 bits per heavy atom. The van der Waals surface area contributed by atoms with E-state index >= 15 is 0 Å². The lowest BCUT2D eigenvalue weighted by Crippen LogP contribution is -2.41. The SMILES string of the molecule is CCNC(=O)N1C=C(F)C(NC(C)=O)=NC1. The predicted octanol–water partition coefficient (Wildman–Crippen LogP) is 0.335. The third-order valence-corrected chi connectivity index (χ3v) is 1.76. The number of nitrogens with one attached hydrogen (secondary N) is 2. The topological polar surface area (TPSA) is 73.8 Å². The molecule has 0 spiro atoms. The van der Waals surface area contributed by atoms with Gasteiger partial charge in [-0.1, -0.05) is 0 Å². The van der Waals surface area contributed by atoms with E-state index in [1.165, 1.54) is 6.92 Å². The normalized spacial score (nSPS) is 15.1. The van der Waals surface area contributed by atoms with Crippen molar-refractivity contribution in [1.82, 2.24) is 15.5 Å². The van der Waals surface area contributed by atoms with Gasteiger partial charge in [-0.3, -0.25) is 9.69 Å². The molecule has 1 heterocycles. The molecule has 0 unspecified atom stereocenters. The third kappa shape index (κ3) is 3.04. The van der Waals surface area contributed by atoms with E-state index in [2.05, 4.69) is 15.6 Å². The molecule has 7 heteroatoms. The van der Waals surface area contributed by atoms with Crippen LogP contribution in [0.25, 0.3) is 0 Å². The monoisotopic (exact) mass is 228 g/mol. The van der Waals surface area contributed by atoms with Gasteiger partial charge in [0.1, 0.15) is 6.67 Å². The summed E-state index contributed by atoms with van der Waals surface area (Å²) in [6.07, 6.45) is 1.00. The summed E-state index contributed by atoms with van der Waals surface area (Å²) in [6.45, 7) is 3.45. The lowest BCUT2D eigenvalue weighted by atomic mass is 10.4. The van der Waals surface area contributed by atoms with Gasteiger partial charge in [0.15, 0.2) is 11.7 Å². The first-order valence-electron chi connectivity index (χ1n) is 4.78. The molecule has 2 N–H and O–H groups in total. The Bertz CT molecular complexity index is 365. The molecule has 0 aromatic heterocycles. The molecule has 3 amide bonds. The average molecular weight is 228 g/mol. The summed E-state index contributed by atoms with van der Waals surface area (Å²) in [5, 5.41) is 4.74. The molecule has 0 radical (unpaired) electrons. The summed E-state index contributed by atoms with van der Waals surface area (Å²) in [4.78, 5) is 26.8. The second-order valence-corrected chi connectivity index (χ2v) is 3.11. The van der Waals surface area contributed by atoms with Gasteiger partial charge in [-0.15, -0.1) is 0 Å². The molecule has 0 aromatic carbocycles. The van der Waals surface area contributed by atoms with Crippen molar-refractivity contribution in [2.75, 3.05) is 13.2 Å². The first-order chi connectivity index (χ1) is 7.54. The minimum absolute atomic E-state index is 0.0190. The highest BCUT2D eigenvalue weighted by Gasteiger charge is 2.19. The molecule has 0 atom stereocenters. The van der Waals surface area contributed by atoms with E-state index < -0.39 is 17.8 Å². The fourth-order valence-electron chi connectivity index (χ4n) is 1.10. The smallest absolute Gasteiger partial charge is 0.323 e. The van der Waals surface area contributed by atoms with Crippen molar-refractivity contribution in [1.29, 1.82) is 0 Å². The van der Waals surface area contributed by atoms with Crippen LogP contribution in [0.5, 0.6) is 0 Å². The number of rotatable bonds is 1. The standard InChI is InChI=1S/C9H13FN4O2/c1-3-11-9(16)14-4-7(10)8(12-5-14)13-6(2)15/h4H,3,5H2,1-2H3,(H,11,16)(H,12,13,15). The van der Waals surface area contributed by atoms with Crippen LogP contribution in [0.1, 0.15) is 13.8 Å². The van der Waals surface area contributed by atoms with Gasteiger partial charge in [-0.05, 0) is 6.92 Å². The molecule has 0 aromatic rings. The van der Waals surface area contributed by atoms with Crippen LogP contribution in [0, 0.1) is 0 Å². The van der Waals surface area contributed by atoms with E-state index in [0.717, 1.165) is 11.1 Å². The maximum atomic E-state index is 13.4. The Labute approximate surface area is 92.2 Å². The van der Waals surface area contributed by atoms with Crippen LogP contribution in [0.2, 0.25) is 0 Å². The Morgan fingerprint density at radius 2 is 2.31 bits per heavy atom. The van der Waals surface area contributed by atoms with E-state index in [-0.39, 0.29) is 12.5 Å². The van der Waals surface area contributed by atoms with Crippen molar-refractivity contribution in [3.8, 4) is 0 Å². The summed E-state index contributed by atoms with van der Waals surface area (Å²) in [6, 6.07) is -0.428. The highest BCUT2D eigenvalue weighted by Crippen LogP contribution is 2.08. The van der Waals surface area contributed by atoms with Gasteiger partial charge in [-0.25, -0.2) is 14.2 Å². The molecule has 0 saturated carbocycles. The Morgan fingerprint density at radius 1 is 1.62 bits per heavy atom. The lowest BCUT2D eigenvalue weighted by molar-refractivity contribution is -0.117. The molecule has 0 fully saturated rings. The molecule has 1 rings (SSSR count). The van der Waals surface area contributed by atoms with Crippen LogP contribution in [0.4, 0.5) is 9.18 Å². The van der Waals surface area contributed by atoms with Crippen molar-refractivity contribution in [3.05, 3.63) is 12.0 Å². The van der Waals surface area contributed by atoms with Gasteiger partial charge >= 0.3 is 6.03 Å². The summed E-state index contributed by atoms with van der Waals surface area (Å²) < 4.78 is 13.4. The van der Waals surface area contributed by atoms with Crippen molar-refractivity contribution in [2.45, 2.75) is 13.8 Å². The fourth-order valence-corrected chi connectivity index (χ4v) is 1.10. The summed E-state index contributed by atoms with van der Waals surface area (Å²) >= 11 is 0. The van der Waals surface area contributed by atoms with E-state index in [0.29, 0.717) is 6.54 Å². The Kier molecular flexibility index (Phi) is 3.98. The molecule has 16 heavy (non-hydrogen) atoms. The minimum atomic E-state index is -0.743. The number of amidine groups is 1. The number of hydrogen-bond acceptors (Lipinski definition) is 3. The van der Waals surface area contributed by atoms with Crippen LogP contribution < -0.4 is 10.6 Å². The Hall–Kier alpha value is -1.92. The summed E-state index contributed by atoms with van der Waals surface area (Å²) in [5.74, 6) is -1.30. The molecular formula is C9H13FN4O2. The molecule has 1 aliphatic rings. The number of nitrogens with zero attached hydrogens (tertiary/aromatic N) is 2. The highest BCUT2D eigenvalue weighted by molar-refractivity contribution is 6.06.